The summed E-state index contributed by atoms with van der Waals surface area (Å²) in [5.74, 6) is 0.707. The minimum Gasteiger partial charge on any atom is -0.388 e. The van der Waals surface area contributed by atoms with Gasteiger partial charge in [-0.25, -0.2) is 4.68 Å². The smallest absolute Gasteiger partial charge is 0.333 e. The van der Waals surface area contributed by atoms with E-state index in [0.717, 1.165) is 0 Å². The minimum absolute atomic E-state index is 0.0211. The first kappa shape index (κ1) is 16.4. The standard InChI is InChI=1S/C13H24N4O3/c1-6-16-12(11(17(19)20)10(4)15-16)14-8-13(5,18)7-9(2)3/h9,14,18H,6-8H2,1-5H3. The van der Waals surface area contributed by atoms with Crippen LogP contribution in [-0.2, 0) is 6.54 Å². The quantitative estimate of drug-likeness (QED) is 0.592. The Morgan fingerprint density at radius 3 is 2.60 bits per heavy atom. The van der Waals surface area contributed by atoms with E-state index >= 15 is 0 Å². The summed E-state index contributed by atoms with van der Waals surface area (Å²) in [4.78, 5) is 10.7. The number of aliphatic hydroxyl groups is 1. The molecule has 0 amide bonds. The molecule has 0 saturated carbocycles. The second-order valence-corrected chi connectivity index (χ2v) is 5.80. The van der Waals surface area contributed by atoms with Gasteiger partial charge in [0.05, 0.1) is 10.5 Å². The predicted octanol–water partition coefficient (Wildman–Crippen LogP) is 2.33. The second-order valence-electron chi connectivity index (χ2n) is 5.80. The molecule has 1 aromatic heterocycles. The molecule has 0 aromatic carbocycles. The van der Waals surface area contributed by atoms with Crippen LogP contribution in [0.4, 0.5) is 11.5 Å². The zero-order valence-electron chi connectivity index (χ0n) is 12.8. The molecule has 2 N–H and O–H groups in total. The van der Waals surface area contributed by atoms with Gasteiger partial charge in [0.15, 0.2) is 0 Å². The molecule has 0 aliphatic heterocycles. The predicted molar refractivity (Wildman–Crippen MR) is 77.9 cm³/mol. The molecule has 0 spiro atoms. The number of hydrogen-bond acceptors (Lipinski definition) is 5. The lowest BCUT2D eigenvalue weighted by Crippen LogP contribution is -2.35. The topological polar surface area (TPSA) is 93.2 Å². The van der Waals surface area contributed by atoms with Crippen molar-refractivity contribution in [3.05, 3.63) is 15.8 Å². The molecule has 7 heteroatoms. The van der Waals surface area contributed by atoms with Gasteiger partial charge < -0.3 is 10.4 Å². The number of nitro groups is 1. The fraction of sp³-hybridized carbons (Fsp3) is 0.769. The third kappa shape index (κ3) is 3.93. The first-order valence-corrected chi connectivity index (χ1v) is 6.86. The van der Waals surface area contributed by atoms with Crippen molar-refractivity contribution < 1.29 is 10.0 Å². The number of nitrogens with one attached hydrogen (secondary N) is 1. The van der Waals surface area contributed by atoms with Crippen LogP contribution in [0.15, 0.2) is 0 Å². The van der Waals surface area contributed by atoms with Crippen LogP contribution in [0.25, 0.3) is 0 Å². The van der Waals surface area contributed by atoms with E-state index in [1.165, 1.54) is 0 Å². The van der Waals surface area contributed by atoms with Crippen LogP contribution in [0.3, 0.4) is 0 Å². The highest BCUT2D eigenvalue weighted by Crippen LogP contribution is 2.29. The van der Waals surface area contributed by atoms with E-state index in [-0.39, 0.29) is 12.2 Å². The van der Waals surface area contributed by atoms with Gasteiger partial charge in [0, 0.05) is 13.1 Å². The van der Waals surface area contributed by atoms with Crippen molar-refractivity contribution >= 4 is 11.5 Å². The van der Waals surface area contributed by atoms with E-state index in [2.05, 4.69) is 10.4 Å². The van der Waals surface area contributed by atoms with Gasteiger partial charge in [-0.3, -0.25) is 10.1 Å². The van der Waals surface area contributed by atoms with E-state index in [1.54, 1.807) is 18.5 Å². The molecule has 0 fully saturated rings. The zero-order chi connectivity index (χ0) is 15.5. The normalized spacial score (nSPS) is 14.3. The number of aryl methyl sites for hydroxylation is 2. The molecule has 1 atom stereocenters. The third-order valence-corrected chi connectivity index (χ3v) is 3.06. The van der Waals surface area contributed by atoms with Crippen LogP contribution in [0.5, 0.6) is 0 Å². The van der Waals surface area contributed by atoms with Gasteiger partial charge in [0.2, 0.25) is 5.82 Å². The van der Waals surface area contributed by atoms with Crippen molar-refractivity contribution in [1.82, 2.24) is 9.78 Å². The summed E-state index contributed by atoms with van der Waals surface area (Å²) in [7, 11) is 0. The summed E-state index contributed by atoms with van der Waals surface area (Å²) in [6, 6.07) is 0. The summed E-state index contributed by atoms with van der Waals surface area (Å²) in [6.45, 7) is 10.0. The summed E-state index contributed by atoms with van der Waals surface area (Å²) in [6.07, 6.45) is 0.618. The van der Waals surface area contributed by atoms with Crippen LogP contribution in [0.1, 0.15) is 39.8 Å². The molecule has 20 heavy (non-hydrogen) atoms. The molecule has 0 aliphatic carbocycles. The lowest BCUT2D eigenvalue weighted by molar-refractivity contribution is -0.384. The molecule has 0 saturated heterocycles. The molecule has 1 unspecified atom stereocenters. The van der Waals surface area contributed by atoms with Crippen molar-refractivity contribution in [2.45, 2.75) is 53.2 Å². The van der Waals surface area contributed by atoms with E-state index in [4.69, 9.17) is 0 Å². The Balaban J connectivity index is 2.94. The Morgan fingerprint density at radius 1 is 1.55 bits per heavy atom. The molecule has 0 bridgehead atoms. The SMILES string of the molecule is CCn1nc(C)c([N+](=O)[O-])c1NCC(C)(O)CC(C)C. The van der Waals surface area contributed by atoms with Gasteiger partial charge in [0.1, 0.15) is 5.69 Å². The van der Waals surface area contributed by atoms with E-state index in [1.807, 2.05) is 20.8 Å². The Hall–Kier alpha value is -1.63. The highest BCUT2D eigenvalue weighted by atomic mass is 16.6. The molecule has 1 heterocycles. The average molecular weight is 284 g/mol. The molecule has 0 radical (unpaired) electrons. The summed E-state index contributed by atoms with van der Waals surface area (Å²) in [5.41, 5.74) is -0.561. The molecular formula is C13H24N4O3. The van der Waals surface area contributed by atoms with Crippen LogP contribution >= 0.6 is 0 Å². The first-order valence-electron chi connectivity index (χ1n) is 6.86. The molecule has 7 nitrogen and oxygen atoms in total. The lowest BCUT2D eigenvalue weighted by Gasteiger charge is -2.25. The van der Waals surface area contributed by atoms with Crippen molar-refractivity contribution in [2.24, 2.45) is 5.92 Å². The van der Waals surface area contributed by atoms with Gasteiger partial charge in [-0.2, -0.15) is 5.10 Å². The maximum absolute atomic E-state index is 11.1. The molecule has 114 valence electrons. The zero-order valence-corrected chi connectivity index (χ0v) is 12.8. The molecule has 0 aliphatic rings. The van der Waals surface area contributed by atoms with E-state index in [9.17, 15) is 15.2 Å². The Kier molecular flexibility index (Phi) is 5.10. The Morgan fingerprint density at radius 2 is 2.15 bits per heavy atom. The van der Waals surface area contributed by atoms with Crippen LogP contribution in [-0.4, -0.2) is 32.0 Å². The van der Waals surface area contributed by atoms with Crippen molar-refractivity contribution in [2.75, 3.05) is 11.9 Å². The fourth-order valence-corrected chi connectivity index (χ4v) is 2.42. The number of hydrogen-bond donors (Lipinski definition) is 2. The van der Waals surface area contributed by atoms with E-state index < -0.39 is 10.5 Å². The van der Waals surface area contributed by atoms with Crippen molar-refractivity contribution in [1.29, 1.82) is 0 Å². The Labute approximate surface area is 119 Å². The largest absolute Gasteiger partial charge is 0.388 e. The average Bonchev–Trinajstić information content (AvgIpc) is 2.61. The van der Waals surface area contributed by atoms with Gasteiger partial charge in [-0.1, -0.05) is 13.8 Å². The fourth-order valence-electron chi connectivity index (χ4n) is 2.42. The summed E-state index contributed by atoms with van der Waals surface area (Å²) >= 11 is 0. The number of aromatic nitrogens is 2. The maximum Gasteiger partial charge on any atom is 0.333 e. The first-order chi connectivity index (χ1) is 9.18. The van der Waals surface area contributed by atoms with Crippen molar-refractivity contribution in [3.8, 4) is 0 Å². The highest BCUT2D eigenvalue weighted by Gasteiger charge is 2.28. The number of rotatable bonds is 7. The van der Waals surface area contributed by atoms with Gasteiger partial charge in [-0.15, -0.1) is 0 Å². The lowest BCUT2D eigenvalue weighted by atomic mass is 9.94. The molecular weight excluding hydrogens is 260 g/mol. The minimum atomic E-state index is -0.918. The van der Waals surface area contributed by atoms with Crippen LogP contribution < -0.4 is 5.32 Å². The number of nitrogens with zero attached hydrogens (tertiary/aromatic N) is 3. The number of anilines is 1. The van der Waals surface area contributed by atoms with Gasteiger partial charge in [-0.05, 0) is 33.1 Å². The van der Waals surface area contributed by atoms with Crippen LogP contribution in [0, 0.1) is 23.0 Å². The maximum atomic E-state index is 11.1. The van der Waals surface area contributed by atoms with Crippen molar-refractivity contribution in [3.63, 3.8) is 0 Å². The van der Waals surface area contributed by atoms with E-state index in [0.29, 0.717) is 30.4 Å². The Bertz CT molecular complexity index is 480. The summed E-state index contributed by atoms with van der Waals surface area (Å²) in [5, 5.41) is 28.5. The monoisotopic (exact) mass is 284 g/mol. The molecule has 1 aromatic rings. The third-order valence-electron chi connectivity index (χ3n) is 3.06. The van der Waals surface area contributed by atoms with Crippen LogP contribution in [0.2, 0.25) is 0 Å². The summed E-state index contributed by atoms with van der Waals surface area (Å²) < 4.78 is 1.55. The van der Waals surface area contributed by atoms with Gasteiger partial charge in [0.25, 0.3) is 0 Å². The highest BCUT2D eigenvalue weighted by molar-refractivity contribution is 5.59. The molecule has 1 rings (SSSR count). The van der Waals surface area contributed by atoms with Gasteiger partial charge >= 0.3 is 5.69 Å². The second kappa shape index (κ2) is 6.21.